The number of methoxy groups -OCH3 is 3. The maximum absolute atomic E-state index is 5.92. The first kappa shape index (κ1) is 16.5. The molecule has 0 radical (unpaired) electrons. The zero-order valence-corrected chi connectivity index (χ0v) is 15.6. The van der Waals surface area contributed by atoms with Crippen LogP contribution in [0.1, 0.15) is 12.5 Å². The third-order valence-corrected chi connectivity index (χ3v) is 5.11. The van der Waals surface area contributed by atoms with Crippen molar-refractivity contribution in [1.29, 1.82) is 0 Å². The van der Waals surface area contributed by atoms with E-state index in [1.165, 1.54) is 10.9 Å². The van der Waals surface area contributed by atoms with Crippen molar-refractivity contribution in [2.24, 2.45) is 0 Å². The highest BCUT2D eigenvalue weighted by Crippen LogP contribution is 2.50. The van der Waals surface area contributed by atoms with Gasteiger partial charge in [-0.1, -0.05) is 55.5 Å². The Hall–Kier alpha value is -2.94. The lowest BCUT2D eigenvalue weighted by Crippen LogP contribution is -1.99. The van der Waals surface area contributed by atoms with Gasteiger partial charge in [-0.05, 0) is 17.4 Å². The van der Waals surface area contributed by atoms with E-state index >= 15 is 0 Å². The Balaban J connectivity index is 2.43. The first-order valence-corrected chi connectivity index (χ1v) is 8.80. The Morgan fingerprint density at radius 3 is 1.38 bits per heavy atom. The summed E-state index contributed by atoms with van der Waals surface area (Å²) in [7, 11) is 5.16. The van der Waals surface area contributed by atoms with Gasteiger partial charge >= 0.3 is 0 Å². The molecule has 4 aromatic rings. The number of fused-ring (bicyclic) bond motifs is 3. The van der Waals surface area contributed by atoms with Crippen LogP contribution >= 0.6 is 0 Å². The van der Waals surface area contributed by atoms with Crippen molar-refractivity contribution in [3.05, 3.63) is 54.1 Å². The number of rotatable bonds is 4. The van der Waals surface area contributed by atoms with E-state index < -0.39 is 0 Å². The van der Waals surface area contributed by atoms with Crippen molar-refractivity contribution in [2.45, 2.75) is 13.3 Å². The second kappa shape index (κ2) is 6.41. The first-order chi connectivity index (χ1) is 12.8. The van der Waals surface area contributed by atoms with Crippen LogP contribution in [-0.4, -0.2) is 21.3 Å². The lowest BCUT2D eigenvalue weighted by molar-refractivity contribution is 0.407. The predicted molar refractivity (Wildman–Crippen MR) is 108 cm³/mol. The largest absolute Gasteiger partial charge is 0.495 e. The van der Waals surface area contributed by atoms with Gasteiger partial charge in [-0.25, -0.2) is 0 Å². The molecule has 0 fully saturated rings. The van der Waals surface area contributed by atoms with Crippen molar-refractivity contribution in [2.75, 3.05) is 21.3 Å². The van der Waals surface area contributed by atoms with Crippen LogP contribution in [0.4, 0.5) is 0 Å². The van der Waals surface area contributed by atoms with Gasteiger partial charge in [-0.2, -0.15) is 0 Å². The molecular weight excluding hydrogens is 324 g/mol. The minimum absolute atomic E-state index is 0.828. The molecule has 3 nitrogen and oxygen atoms in total. The van der Waals surface area contributed by atoms with Gasteiger partial charge in [0.25, 0.3) is 0 Å². The molecule has 4 aromatic carbocycles. The summed E-state index contributed by atoms with van der Waals surface area (Å²) in [5.74, 6) is 2.53. The van der Waals surface area contributed by atoms with Crippen LogP contribution in [0.2, 0.25) is 0 Å². The molecule has 0 bridgehead atoms. The molecule has 0 heterocycles. The summed E-state index contributed by atoms with van der Waals surface area (Å²) in [4.78, 5) is 0. The van der Waals surface area contributed by atoms with Crippen molar-refractivity contribution in [3.8, 4) is 17.2 Å². The maximum atomic E-state index is 5.92. The number of ether oxygens (including phenoxy) is 3. The van der Waals surface area contributed by atoms with Crippen molar-refractivity contribution in [3.63, 3.8) is 0 Å². The average Bonchev–Trinajstić information content (AvgIpc) is 2.70. The number of hydrogen-bond donors (Lipinski definition) is 0. The fourth-order valence-corrected chi connectivity index (χ4v) is 4.10. The lowest BCUT2D eigenvalue weighted by Gasteiger charge is -2.21. The van der Waals surface area contributed by atoms with Crippen molar-refractivity contribution >= 4 is 32.3 Å². The van der Waals surface area contributed by atoms with Gasteiger partial charge in [0, 0.05) is 21.5 Å². The molecular formula is C23H22O3. The quantitative estimate of drug-likeness (QED) is 0.441. The average molecular weight is 346 g/mol. The molecule has 0 amide bonds. The Morgan fingerprint density at radius 1 is 0.577 bits per heavy atom. The topological polar surface area (TPSA) is 27.7 Å². The molecule has 3 heteroatoms. The van der Waals surface area contributed by atoms with E-state index in [2.05, 4.69) is 37.3 Å². The monoisotopic (exact) mass is 346 g/mol. The van der Waals surface area contributed by atoms with Gasteiger partial charge in [0.05, 0.1) is 26.7 Å². The Labute approximate surface area is 153 Å². The van der Waals surface area contributed by atoms with E-state index in [1.807, 2.05) is 18.2 Å². The molecule has 0 aliphatic carbocycles. The molecule has 0 N–H and O–H groups in total. The molecule has 0 saturated heterocycles. The molecule has 0 saturated carbocycles. The van der Waals surface area contributed by atoms with Gasteiger partial charge in [-0.15, -0.1) is 0 Å². The summed E-state index contributed by atoms with van der Waals surface area (Å²) < 4.78 is 17.7. The summed E-state index contributed by atoms with van der Waals surface area (Å²) >= 11 is 0. The van der Waals surface area contributed by atoms with Crippen LogP contribution in [0.15, 0.2) is 48.5 Å². The van der Waals surface area contributed by atoms with Crippen LogP contribution in [0, 0.1) is 0 Å². The van der Waals surface area contributed by atoms with E-state index in [0.717, 1.165) is 50.6 Å². The van der Waals surface area contributed by atoms with Crippen molar-refractivity contribution in [1.82, 2.24) is 0 Å². The van der Waals surface area contributed by atoms with E-state index in [-0.39, 0.29) is 0 Å². The highest BCUT2D eigenvalue weighted by molar-refractivity contribution is 6.20. The fourth-order valence-electron chi connectivity index (χ4n) is 4.10. The Morgan fingerprint density at radius 2 is 0.962 bits per heavy atom. The van der Waals surface area contributed by atoms with Crippen LogP contribution < -0.4 is 14.2 Å². The summed E-state index contributed by atoms with van der Waals surface area (Å²) in [5, 5.41) is 6.40. The molecule has 0 atom stereocenters. The molecule has 0 unspecified atom stereocenters. The van der Waals surface area contributed by atoms with Crippen LogP contribution in [-0.2, 0) is 6.42 Å². The van der Waals surface area contributed by atoms with Crippen LogP contribution in [0.5, 0.6) is 17.2 Å². The summed E-state index contributed by atoms with van der Waals surface area (Å²) in [6, 6.07) is 16.6. The number of aryl methyl sites for hydroxylation is 1. The van der Waals surface area contributed by atoms with E-state index in [0.29, 0.717) is 0 Å². The summed E-state index contributed by atoms with van der Waals surface area (Å²) in [5.41, 5.74) is 1.25. The Kier molecular flexibility index (Phi) is 4.08. The third-order valence-electron chi connectivity index (χ3n) is 5.11. The summed E-state index contributed by atoms with van der Waals surface area (Å²) in [6.45, 7) is 2.18. The molecule has 0 spiro atoms. The number of benzene rings is 4. The minimum atomic E-state index is 0.828. The van der Waals surface area contributed by atoms with Gasteiger partial charge in [0.2, 0.25) is 0 Å². The van der Waals surface area contributed by atoms with Gasteiger partial charge < -0.3 is 14.2 Å². The van der Waals surface area contributed by atoms with Gasteiger partial charge in [-0.3, -0.25) is 0 Å². The molecule has 0 aliphatic rings. The first-order valence-electron chi connectivity index (χ1n) is 8.80. The fraction of sp³-hybridized carbons (Fsp3) is 0.217. The number of hydrogen-bond acceptors (Lipinski definition) is 3. The minimum Gasteiger partial charge on any atom is -0.495 e. The standard InChI is InChI=1S/C23H22O3/c1-5-14-15-10-6-7-11-16(15)22(25-3)20-19(14)21(24-2)17-12-8-9-13-18(17)23(20)26-4/h6-13H,5H2,1-4H3. The highest BCUT2D eigenvalue weighted by Gasteiger charge is 2.23. The molecule has 0 aliphatic heterocycles. The van der Waals surface area contributed by atoms with Gasteiger partial charge in [0.15, 0.2) is 0 Å². The second-order valence-corrected chi connectivity index (χ2v) is 6.27. The van der Waals surface area contributed by atoms with E-state index in [4.69, 9.17) is 14.2 Å². The third kappa shape index (κ3) is 2.13. The van der Waals surface area contributed by atoms with E-state index in [1.54, 1.807) is 21.3 Å². The maximum Gasteiger partial charge on any atom is 0.138 e. The molecule has 0 aromatic heterocycles. The molecule has 4 rings (SSSR count). The smallest absolute Gasteiger partial charge is 0.138 e. The zero-order valence-electron chi connectivity index (χ0n) is 15.6. The Bertz CT molecular complexity index is 953. The van der Waals surface area contributed by atoms with Crippen LogP contribution in [0.25, 0.3) is 32.3 Å². The van der Waals surface area contributed by atoms with E-state index in [9.17, 15) is 0 Å². The molecule has 26 heavy (non-hydrogen) atoms. The van der Waals surface area contributed by atoms with Crippen LogP contribution in [0.3, 0.4) is 0 Å². The lowest BCUT2D eigenvalue weighted by atomic mass is 9.90. The van der Waals surface area contributed by atoms with Gasteiger partial charge in [0.1, 0.15) is 17.2 Å². The van der Waals surface area contributed by atoms with Crippen molar-refractivity contribution < 1.29 is 14.2 Å². The zero-order chi connectivity index (χ0) is 18.3. The second-order valence-electron chi connectivity index (χ2n) is 6.27. The molecule has 132 valence electrons. The SMILES string of the molecule is CCc1c2ccccc2c(OC)c2c(OC)c3ccccc3c(OC)c12. The highest BCUT2D eigenvalue weighted by atomic mass is 16.5. The predicted octanol–water partition coefficient (Wildman–Crippen LogP) is 5.73. The summed E-state index contributed by atoms with van der Waals surface area (Å²) in [6.07, 6.45) is 0.888. The normalized spacial score (nSPS) is 11.2.